The van der Waals surface area contributed by atoms with Crippen LogP contribution in [0.4, 0.5) is 5.69 Å². The Morgan fingerprint density at radius 3 is 2.38 bits per heavy atom. The molecule has 0 aliphatic carbocycles. The number of allylic oxidation sites excluding steroid dienone is 1. The van der Waals surface area contributed by atoms with Gasteiger partial charge in [-0.2, -0.15) is 0 Å². The van der Waals surface area contributed by atoms with Crippen LogP contribution in [0.3, 0.4) is 0 Å². The fraction of sp³-hybridized carbons (Fsp3) is 0.286. The van der Waals surface area contributed by atoms with Crippen LogP contribution in [0, 0.1) is 5.92 Å². The molecule has 1 N–H and O–H groups in total. The Bertz CT molecular complexity index is 727. The predicted molar refractivity (Wildman–Crippen MR) is 109 cm³/mol. The van der Waals surface area contributed by atoms with E-state index in [0.717, 1.165) is 11.3 Å². The number of hydrogen-bond donors (Lipinski definition) is 1. The highest BCUT2D eigenvalue weighted by Crippen LogP contribution is 2.17. The molecule has 138 valence electrons. The van der Waals surface area contributed by atoms with Gasteiger partial charge in [0, 0.05) is 22.2 Å². The molecule has 0 spiro atoms. The van der Waals surface area contributed by atoms with Crippen molar-refractivity contribution in [2.45, 2.75) is 26.3 Å². The summed E-state index contributed by atoms with van der Waals surface area (Å²) in [5, 5.41) is 4.50. The molecule has 0 aliphatic heterocycles. The predicted octanol–water partition coefficient (Wildman–Crippen LogP) is 5.69. The topological polar surface area (TPSA) is 38.3 Å². The minimum atomic E-state index is -0.447. The van der Waals surface area contributed by atoms with Crippen LogP contribution in [0.1, 0.15) is 19.4 Å². The third-order valence-electron chi connectivity index (χ3n) is 3.83. The summed E-state index contributed by atoms with van der Waals surface area (Å²) >= 11 is 12.1. The lowest BCUT2D eigenvalue weighted by molar-refractivity contribution is -0.144. The third kappa shape index (κ3) is 6.74. The number of esters is 1. The molecule has 3 nitrogen and oxygen atoms in total. The molecule has 5 heteroatoms. The molecule has 0 amide bonds. The molecule has 0 unspecified atom stereocenters. The van der Waals surface area contributed by atoms with Crippen molar-refractivity contribution in [3.8, 4) is 0 Å². The molecule has 0 saturated carbocycles. The highest BCUT2D eigenvalue weighted by Gasteiger charge is 2.23. The van der Waals surface area contributed by atoms with Crippen LogP contribution in [0.2, 0.25) is 5.02 Å². The molecule has 0 saturated heterocycles. The van der Waals surface area contributed by atoms with Crippen molar-refractivity contribution in [3.05, 3.63) is 76.3 Å². The van der Waals surface area contributed by atoms with Crippen molar-refractivity contribution in [1.82, 2.24) is 0 Å². The van der Waals surface area contributed by atoms with Gasteiger partial charge in [0.1, 0.15) is 12.6 Å². The molecule has 0 aromatic heterocycles. The smallest absolute Gasteiger partial charge is 0.329 e. The second-order valence-electron chi connectivity index (χ2n) is 6.32. The van der Waals surface area contributed by atoms with Crippen molar-refractivity contribution in [2.75, 3.05) is 11.9 Å². The van der Waals surface area contributed by atoms with Gasteiger partial charge >= 0.3 is 5.97 Å². The lowest BCUT2D eigenvalue weighted by Gasteiger charge is -2.21. The molecule has 2 rings (SSSR count). The largest absolute Gasteiger partial charge is 0.460 e. The van der Waals surface area contributed by atoms with Crippen LogP contribution in [-0.2, 0) is 16.0 Å². The van der Waals surface area contributed by atoms with Gasteiger partial charge in [-0.25, -0.2) is 4.79 Å². The van der Waals surface area contributed by atoms with Crippen LogP contribution >= 0.6 is 23.2 Å². The normalized spacial score (nSPS) is 12.7. The lowest BCUT2D eigenvalue weighted by atomic mass is 10.0. The average molecular weight is 392 g/mol. The summed E-state index contributed by atoms with van der Waals surface area (Å²) < 4.78 is 5.38. The number of benzene rings is 2. The maximum Gasteiger partial charge on any atom is 0.329 e. The number of ether oxygens (including phenoxy) is 1. The van der Waals surface area contributed by atoms with E-state index in [9.17, 15) is 4.79 Å². The number of carbonyl (C=O) groups is 1. The number of hydrogen-bond acceptors (Lipinski definition) is 3. The van der Waals surface area contributed by atoms with Crippen molar-refractivity contribution >= 4 is 34.9 Å². The summed E-state index contributed by atoms with van der Waals surface area (Å²) in [5.41, 5.74) is 1.94. The summed E-state index contributed by atoms with van der Waals surface area (Å²) in [6.07, 6.45) is 2.35. The molecular formula is C21H23Cl2NO2. The second kappa shape index (κ2) is 10.2. The summed E-state index contributed by atoms with van der Waals surface area (Å²) in [6, 6.07) is 16.7. The zero-order valence-corrected chi connectivity index (χ0v) is 16.4. The number of nitrogens with one attached hydrogen (secondary N) is 1. The zero-order chi connectivity index (χ0) is 18.9. The standard InChI is InChI=1S/C21H23Cl2NO2/c1-15(2)20(24-19-10-8-17(22)9-11-19)21(25)26-13-12-18(23)14-16-6-4-3-5-7-16/h3-12,15,20,24H,13-14H2,1-2H3/t20-/m0/s1. The first-order valence-electron chi connectivity index (χ1n) is 8.53. The minimum Gasteiger partial charge on any atom is -0.460 e. The van der Waals surface area contributed by atoms with E-state index in [1.54, 1.807) is 18.2 Å². The molecule has 0 aliphatic rings. The van der Waals surface area contributed by atoms with E-state index in [2.05, 4.69) is 5.32 Å². The summed E-state index contributed by atoms with van der Waals surface area (Å²) in [7, 11) is 0. The molecule has 0 heterocycles. The number of rotatable bonds is 8. The fourth-order valence-corrected chi connectivity index (χ4v) is 2.73. The van der Waals surface area contributed by atoms with Gasteiger partial charge in [0.25, 0.3) is 0 Å². The van der Waals surface area contributed by atoms with Gasteiger partial charge in [-0.15, -0.1) is 0 Å². The van der Waals surface area contributed by atoms with Crippen LogP contribution < -0.4 is 5.32 Å². The highest BCUT2D eigenvalue weighted by atomic mass is 35.5. The van der Waals surface area contributed by atoms with E-state index in [0.29, 0.717) is 16.5 Å². The van der Waals surface area contributed by atoms with Crippen molar-refractivity contribution < 1.29 is 9.53 Å². The van der Waals surface area contributed by atoms with Crippen LogP contribution in [0.5, 0.6) is 0 Å². The Labute approximate surface area is 165 Å². The van der Waals surface area contributed by atoms with E-state index >= 15 is 0 Å². The SMILES string of the molecule is CC(C)[C@H](Nc1ccc(Cl)cc1)C(=O)OCC=C(Cl)Cc1ccccc1. The van der Waals surface area contributed by atoms with Crippen LogP contribution in [0.25, 0.3) is 0 Å². The maximum absolute atomic E-state index is 12.4. The van der Waals surface area contributed by atoms with Crippen LogP contribution in [-0.4, -0.2) is 18.6 Å². The molecule has 26 heavy (non-hydrogen) atoms. The Morgan fingerprint density at radius 2 is 1.77 bits per heavy atom. The van der Waals surface area contributed by atoms with Crippen molar-refractivity contribution in [2.24, 2.45) is 5.92 Å². The molecule has 0 fully saturated rings. The first-order chi connectivity index (χ1) is 12.5. The van der Waals surface area contributed by atoms with E-state index in [-0.39, 0.29) is 18.5 Å². The van der Waals surface area contributed by atoms with Crippen molar-refractivity contribution in [1.29, 1.82) is 0 Å². The molecule has 0 bridgehead atoms. The summed E-state index contributed by atoms with van der Waals surface area (Å²) in [6.45, 7) is 4.08. The third-order valence-corrected chi connectivity index (χ3v) is 4.37. The Morgan fingerprint density at radius 1 is 1.12 bits per heavy atom. The van der Waals surface area contributed by atoms with Gasteiger partial charge in [-0.3, -0.25) is 0 Å². The maximum atomic E-state index is 12.4. The van der Waals surface area contributed by atoms with Gasteiger partial charge in [0.15, 0.2) is 0 Å². The fourth-order valence-electron chi connectivity index (χ4n) is 2.39. The van der Waals surface area contributed by atoms with Crippen LogP contribution in [0.15, 0.2) is 65.7 Å². The van der Waals surface area contributed by atoms with Gasteiger partial charge < -0.3 is 10.1 Å². The summed E-state index contributed by atoms with van der Waals surface area (Å²) in [4.78, 5) is 12.4. The van der Waals surface area contributed by atoms with Gasteiger partial charge in [-0.1, -0.05) is 67.4 Å². The minimum absolute atomic E-state index is 0.0712. The number of carbonyl (C=O) groups excluding carboxylic acids is 1. The molecule has 2 aromatic rings. The molecular weight excluding hydrogens is 369 g/mol. The second-order valence-corrected chi connectivity index (χ2v) is 7.24. The van der Waals surface area contributed by atoms with Crippen molar-refractivity contribution in [3.63, 3.8) is 0 Å². The van der Waals surface area contributed by atoms with E-state index in [1.807, 2.05) is 56.3 Å². The van der Waals surface area contributed by atoms with Gasteiger partial charge in [0.2, 0.25) is 0 Å². The van der Waals surface area contributed by atoms with Gasteiger partial charge in [0.05, 0.1) is 0 Å². The lowest BCUT2D eigenvalue weighted by Crippen LogP contribution is -2.36. The molecule has 1 atom stereocenters. The van der Waals surface area contributed by atoms with E-state index < -0.39 is 6.04 Å². The summed E-state index contributed by atoms with van der Waals surface area (Å²) in [5.74, 6) is -0.239. The number of anilines is 1. The quantitative estimate of drug-likeness (QED) is 0.587. The highest BCUT2D eigenvalue weighted by molar-refractivity contribution is 6.30. The first-order valence-corrected chi connectivity index (χ1v) is 9.28. The van der Waals surface area contributed by atoms with E-state index in [1.165, 1.54) is 0 Å². The van der Waals surface area contributed by atoms with Gasteiger partial charge in [-0.05, 0) is 41.8 Å². The first kappa shape index (κ1) is 20.3. The Hall–Kier alpha value is -1.97. The monoisotopic (exact) mass is 391 g/mol. The Kier molecular flexibility index (Phi) is 8.02. The zero-order valence-electron chi connectivity index (χ0n) is 14.9. The molecule has 2 aromatic carbocycles. The number of halogens is 2. The average Bonchev–Trinajstić information content (AvgIpc) is 2.61. The molecule has 0 radical (unpaired) electrons. The van der Waals surface area contributed by atoms with E-state index in [4.69, 9.17) is 27.9 Å². The Balaban J connectivity index is 1.88.